The van der Waals surface area contributed by atoms with Crippen LogP contribution in [0.3, 0.4) is 0 Å². The highest BCUT2D eigenvalue weighted by atomic mass is 14.9. The molecule has 10 heavy (non-hydrogen) atoms. The molecule has 0 aliphatic heterocycles. The van der Waals surface area contributed by atoms with Crippen molar-refractivity contribution in [2.45, 2.75) is 39.2 Å². The zero-order valence-corrected chi connectivity index (χ0v) is 7.19. The Morgan fingerprint density at radius 3 is 2.50 bits per heavy atom. The molecule has 0 saturated carbocycles. The van der Waals surface area contributed by atoms with Crippen molar-refractivity contribution in [2.75, 3.05) is 13.1 Å². The van der Waals surface area contributed by atoms with Gasteiger partial charge in [0.2, 0.25) is 0 Å². The highest BCUT2D eigenvalue weighted by Crippen LogP contribution is 1.89. The summed E-state index contributed by atoms with van der Waals surface area (Å²) in [6.45, 7) is 6.24. The first-order valence-corrected chi connectivity index (χ1v) is 4.28. The first-order chi connectivity index (χ1) is 4.85. The molecule has 0 saturated heterocycles. The molecule has 0 aliphatic rings. The van der Waals surface area contributed by atoms with Crippen LogP contribution in [0, 0.1) is 0 Å². The van der Waals surface area contributed by atoms with Crippen molar-refractivity contribution in [3.8, 4) is 0 Å². The van der Waals surface area contributed by atoms with Crippen molar-refractivity contribution in [3.63, 3.8) is 0 Å². The Labute approximate surface area is 64.2 Å². The molecule has 1 atom stereocenters. The predicted octanol–water partition coefficient (Wildman–Crippen LogP) is 1.11. The summed E-state index contributed by atoms with van der Waals surface area (Å²) >= 11 is 0. The van der Waals surface area contributed by atoms with E-state index >= 15 is 0 Å². The van der Waals surface area contributed by atoms with Crippen molar-refractivity contribution >= 4 is 0 Å². The number of nitrogens with one attached hydrogen (secondary N) is 1. The third kappa shape index (κ3) is 4.77. The second kappa shape index (κ2) is 7.03. The molecule has 0 aromatic heterocycles. The van der Waals surface area contributed by atoms with E-state index in [0.717, 1.165) is 19.5 Å². The van der Waals surface area contributed by atoms with E-state index < -0.39 is 0 Å². The van der Waals surface area contributed by atoms with Crippen LogP contribution in [0.15, 0.2) is 0 Å². The summed E-state index contributed by atoms with van der Waals surface area (Å²) in [5.41, 5.74) is 5.50. The summed E-state index contributed by atoms with van der Waals surface area (Å²) in [6, 6.07) is 0.534. The second-order valence-corrected chi connectivity index (χ2v) is 2.65. The molecule has 0 heterocycles. The molecular formula is C8H20N2. The van der Waals surface area contributed by atoms with Crippen molar-refractivity contribution in [1.82, 2.24) is 5.32 Å². The van der Waals surface area contributed by atoms with Crippen LogP contribution in [-0.2, 0) is 0 Å². The van der Waals surface area contributed by atoms with E-state index in [9.17, 15) is 0 Å². The van der Waals surface area contributed by atoms with Gasteiger partial charge >= 0.3 is 0 Å². The average Bonchev–Trinajstić information content (AvgIpc) is 1.99. The summed E-state index contributed by atoms with van der Waals surface area (Å²) in [6.07, 6.45) is 3.66. The molecule has 2 heteroatoms. The van der Waals surface area contributed by atoms with Crippen LogP contribution in [0.2, 0.25) is 0 Å². The minimum absolute atomic E-state index is 0.534. The van der Waals surface area contributed by atoms with Gasteiger partial charge in [-0.1, -0.05) is 20.3 Å². The number of rotatable bonds is 6. The summed E-state index contributed by atoms with van der Waals surface area (Å²) in [4.78, 5) is 0. The summed E-state index contributed by atoms with van der Waals surface area (Å²) in [5, 5.41) is 3.40. The van der Waals surface area contributed by atoms with Crippen LogP contribution in [0.5, 0.6) is 0 Å². The minimum Gasteiger partial charge on any atom is -0.329 e. The van der Waals surface area contributed by atoms with Gasteiger partial charge in [-0.15, -0.1) is 0 Å². The monoisotopic (exact) mass is 144 g/mol. The van der Waals surface area contributed by atoms with Gasteiger partial charge in [0.05, 0.1) is 0 Å². The SMILES string of the molecule is CCCCN[C@H](CC)CN. The standard InChI is InChI=1S/C8H20N2/c1-3-5-6-10-8(4-2)7-9/h8,10H,3-7,9H2,1-2H3/t8-/m1/s1. The highest BCUT2D eigenvalue weighted by Gasteiger charge is 1.99. The molecule has 0 fully saturated rings. The van der Waals surface area contributed by atoms with E-state index in [1.165, 1.54) is 12.8 Å². The Kier molecular flexibility index (Phi) is 6.98. The maximum absolute atomic E-state index is 5.50. The minimum atomic E-state index is 0.534. The first-order valence-electron chi connectivity index (χ1n) is 4.28. The molecule has 0 spiro atoms. The third-order valence-corrected chi connectivity index (χ3v) is 1.74. The van der Waals surface area contributed by atoms with Gasteiger partial charge in [0.25, 0.3) is 0 Å². The Morgan fingerprint density at radius 2 is 2.10 bits per heavy atom. The highest BCUT2D eigenvalue weighted by molar-refractivity contribution is 4.64. The van der Waals surface area contributed by atoms with Gasteiger partial charge in [0.1, 0.15) is 0 Å². The summed E-state index contributed by atoms with van der Waals surface area (Å²) < 4.78 is 0. The molecule has 2 nitrogen and oxygen atoms in total. The van der Waals surface area contributed by atoms with E-state index in [2.05, 4.69) is 19.2 Å². The number of hydrogen-bond donors (Lipinski definition) is 2. The number of hydrogen-bond acceptors (Lipinski definition) is 2. The van der Waals surface area contributed by atoms with E-state index in [-0.39, 0.29) is 0 Å². The van der Waals surface area contributed by atoms with Crippen LogP contribution < -0.4 is 11.1 Å². The Balaban J connectivity index is 3.09. The third-order valence-electron chi connectivity index (χ3n) is 1.74. The molecule has 0 radical (unpaired) electrons. The zero-order valence-electron chi connectivity index (χ0n) is 7.19. The Bertz CT molecular complexity index is 60.3. The van der Waals surface area contributed by atoms with Crippen LogP contribution in [0.25, 0.3) is 0 Å². The number of unbranched alkanes of at least 4 members (excludes halogenated alkanes) is 1. The Hall–Kier alpha value is -0.0800. The van der Waals surface area contributed by atoms with Crippen LogP contribution in [-0.4, -0.2) is 19.1 Å². The average molecular weight is 144 g/mol. The molecule has 0 unspecified atom stereocenters. The van der Waals surface area contributed by atoms with E-state index in [1.54, 1.807) is 0 Å². The van der Waals surface area contributed by atoms with Gasteiger partial charge in [-0.05, 0) is 19.4 Å². The molecule has 62 valence electrons. The van der Waals surface area contributed by atoms with Crippen molar-refractivity contribution in [3.05, 3.63) is 0 Å². The largest absolute Gasteiger partial charge is 0.329 e. The van der Waals surface area contributed by atoms with Crippen LogP contribution in [0.4, 0.5) is 0 Å². The zero-order chi connectivity index (χ0) is 7.82. The molecule has 0 aliphatic carbocycles. The summed E-state index contributed by atoms with van der Waals surface area (Å²) in [7, 11) is 0. The maximum Gasteiger partial charge on any atom is 0.0187 e. The smallest absolute Gasteiger partial charge is 0.0187 e. The fourth-order valence-electron chi connectivity index (χ4n) is 0.877. The molecule has 3 N–H and O–H groups in total. The molecule has 0 aromatic carbocycles. The van der Waals surface area contributed by atoms with Crippen molar-refractivity contribution in [2.24, 2.45) is 5.73 Å². The van der Waals surface area contributed by atoms with Gasteiger partial charge in [0, 0.05) is 12.6 Å². The van der Waals surface area contributed by atoms with Crippen LogP contribution in [0.1, 0.15) is 33.1 Å². The fourth-order valence-corrected chi connectivity index (χ4v) is 0.877. The summed E-state index contributed by atoms with van der Waals surface area (Å²) in [5.74, 6) is 0. The van der Waals surface area contributed by atoms with Crippen LogP contribution >= 0.6 is 0 Å². The fraction of sp³-hybridized carbons (Fsp3) is 1.00. The van der Waals surface area contributed by atoms with E-state index in [4.69, 9.17) is 5.73 Å². The molecular weight excluding hydrogens is 124 g/mol. The molecule has 0 bridgehead atoms. The normalized spacial score (nSPS) is 13.5. The van der Waals surface area contributed by atoms with E-state index in [0.29, 0.717) is 6.04 Å². The Morgan fingerprint density at radius 1 is 1.40 bits per heavy atom. The van der Waals surface area contributed by atoms with Gasteiger partial charge in [-0.3, -0.25) is 0 Å². The topological polar surface area (TPSA) is 38.0 Å². The van der Waals surface area contributed by atoms with Crippen molar-refractivity contribution in [1.29, 1.82) is 0 Å². The van der Waals surface area contributed by atoms with Gasteiger partial charge in [-0.2, -0.15) is 0 Å². The number of nitrogens with two attached hydrogens (primary N) is 1. The quantitative estimate of drug-likeness (QED) is 0.548. The lowest BCUT2D eigenvalue weighted by molar-refractivity contribution is 0.496. The lowest BCUT2D eigenvalue weighted by Crippen LogP contribution is -2.35. The van der Waals surface area contributed by atoms with Gasteiger partial charge in [0.15, 0.2) is 0 Å². The molecule has 0 aromatic rings. The van der Waals surface area contributed by atoms with Gasteiger partial charge < -0.3 is 11.1 Å². The molecule has 0 rings (SSSR count). The second-order valence-electron chi connectivity index (χ2n) is 2.65. The maximum atomic E-state index is 5.50. The lowest BCUT2D eigenvalue weighted by Gasteiger charge is -2.13. The lowest BCUT2D eigenvalue weighted by atomic mass is 10.2. The van der Waals surface area contributed by atoms with Crippen molar-refractivity contribution < 1.29 is 0 Å². The van der Waals surface area contributed by atoms with E-state index in [1.807, 2.05) is 0 Å². The predicted molar refractivity (Wildman–Crippen MR) is 46.0 cm³/mol. The molecule has 0 amide bonds. The first kappa shape index (κ1) is 9.92. The van der Waals surface area contributed by atoms with Gasteiger partial charge in [-0.25, -0.2) is 0 Å².